The summed E-state index contributed by atoms with van der Waals surface area (Å²) in [5.41, 5.74) is 0.411. The van der Waals surface area contributed by atoms with Crippen LogP contribution < -0.4 is 0 Å². The maximum absolute atomic E-state index is 12.0. The minimum absolute atomic E-state index is 0.0567. The van der Waals surface area contributed by atoms with Gasteiger partial charge in [0.15, 0.2) is 6.61 Å². The highest BCUT2D eigenvalue weighted by atomic mass is 35.5. The Morgan fingerprint density at radius 2 is 1.64 bits per heavy atom. The maximum Gasteiger partial charge on any atom is 0.338 e. The summed E-state index contributed by atoms with van der Waals surface area (Å²) in [7, 11) is -0.744. The Bertz CT molecular complexity index is 892. The number of halogens is 1. The van der Waals surface area contributed by atoms with Crippen LogP contribution in [0.5, 0.6) is 0 Å². The predicted molar refractivity (Wildman–Crippen MR) is 93.4 cm³/mol. The number of sulfonamides is 1. The third-order valence-electron chi connectivity index (χ3n) is 3.38. The van der Waals surface area contributed by atoms with E-state index in [1.54, 1.807) is 24.3 Å². The van der Waals surface area contributed by atoms with Crippen LogP contribution >= 0.6 is 11.6 Å². The number of Topliss-reactive ketones (excluding diaryl/α,β-unsaturated/α-hetero) is 1. The quantitative estimate of drug-likeness (QED) is 0.567. The van der Waals surface area contributed by atoms with Gasteiger partial charge in [0.1, 0.15) is 0 Å². The molecule has 2 aromatic rings. The van der Waals surface area contributed by atoms with Crippen LogP contribution in [0.4, 0.5) is 0 Å². The van der Waals surface area contributed by atoms with Crippen LogP contribution in [0.15, 0.2) is 53.4 Å². The van der Waals surface area contributed by atoms with Gasteiger partial charge in [-0.1, -0.05) is 23.7 Å². The first-order valence-corrected chi connectivity index (χ1v) is 9.02. The average molecular weight is 382 g/mol. The molecule has 0 aliphatic carbocycles. The molecule has 2 rings (SSSR count). The van der Waals surface area contributed by atoms with E-state index in [1.807, 2.05) is 0 Å². The largest absolute Gasteiger partial charge is 0.454 e. The van der Waals surface area contributed by atoms with Crippen LogP contribution in [0.1, 0.15) is 20.7 Å². The van der Waals surface area contributed by atoms with Gasteiger partial charge in [0.2, 0.25) is 15.8 Å². The molecule has 132 valence electrons. The predicted octanol–water partition coefficient (Wildman–Crippen LogP) is 2.63. The van der Waals surface area contributed by atoms with Gasteiger partial charge in [0.25, 0.3) is 0 Å². The lowest BCUT2D eigenvalue weighted by Crippen LogP contribution is -2.22. The summed E-state index contributed by atoms with van der Waals surface area (Å²) in [4.78, 5) is 24.1. The second-order valence-electron chi connectivity index (χ2n) is 5.29. The minimum Gasteiger partial charge on any atom is -0.454 e. The van der Waals surface area contributed by atoms with Crippen molar-refractivity contribution in [1.29, 1.82) is 0 Å². The second kappa shape index (κ2) is 7.77. The minimum atomic E-state index is -3.57. The molecule has 0 heterocycles. The molecule has 6 nitrogen and oxygen atoms in total. The van der Waals surface area contributed by atoms with Gasteiger partial charge in [-0.25, -0.2) is 17.5 Å². The van der Waals surface area contributed by atoms with Crippen LogP contribution in [-0.2, 0) is 14.8 Å². The van der Waals surface area contributed by atoms with Gasteiger partial charge in [-0.15, -0.1) is 0 Å². The number of carbonyl (C=O) groups excluding carboxylic acids is 2. The first-order valence-electron chi connectivity index (χ1n) is 7.21. The fraction of sp³-hybridized carbons (Fsp3) is 0.176. The number of benzene rings is 2. The SMILES string of the molecule is CN(C)S(=O)(=O)c1ccc(C(=O)OCC(=O)c2ccccc2Cl)cc1. The van der Waals surface area contributed by atoms with E-state index < -0.39 is 28.4 Å². The zero-order valence-corrected chi connectivity index (χ0v) is 15.2. The Morgan fingerprint density at radius 3 is 2.20 bits per heavy atom. The van der Waals surface area contributed by atoms with Crippen molar-refractivity contribution in [3.63, 3.8) is 0 Å². The van der Waals surface area contributed by atoms with Crippen molar-refractivity contribution in [3.8, 4) is 0 Å². The van der Waals surface area contributed by atoms with E-state index in [-0.39, 0.29) is 21.0 Å². The Hall–Kier alpha value is -2.22. The van der Waals surface area contributed by atoms with E-state index >= 15 is 0 Å². The average Bonchev–Trinajstić information content (AvgIpc) is 2.59. The highest BCUT2D eigenvalue weighted by Gasteiger charge is 2.18. The Kier molecular flexibility index (Phi) is 5.94. The molecule has 0 N–H and O–H groups in total. The van der Waals surface area contributed by atoms with Gasteiger partial charge in [-0.2, -0.15) is 0 Å². The molecule has 0 aliphatic heterocycles. The number of esters is 1. The van der Waals surface area contributed by atoms with E-state index in [2.05, 4.69) is 0 Å². The molecule has 0 atom stereocenters. The van der Waals surface area contributed by atoms with Crippen molar-refractivity contribution in [3.05, 3.63) is 64.7 Å². The molecule has 0 radical (unpaired) electrons. The third-order valence-corrected chi connectivity index (χ3v) is 5.54. The van der Waals surface area contributed by atoms with Crippen molar-refractivity contribution in [2.75, 3.05) is 20.7 Å². The highest BCUT2D eigenvalue weighted by Crippen LogP contribution is 2.17. The lowest BCUT2D eigenvalue weighted by atomic mass is 10.1. The zero-order valence-electron chi connectivity index (χ0n) is 13.6. The van der Waals surface area contributed by atoms with Crippen molar-refractivity contribution in [2.24, 2.45) is 0 Å². The fourth-order valence-corrected chi connectivity index (χ4v) is 3.10. The molecule has 0 bridgehead atoms. The van der Waals surface area contributed by atoms with Crippen LogP contribution in [0.2, 0.25) is 5.02 Å². The van der Waals surface area contributed by atoms with Gasteiger partial charge in [0.05, 0.1) is 15.5 Å². The van der Waals surface area contributed by atoms with E-state index in [0.29, 0.717) is 0 Å². The molecule has 0 saturated heterocycles. The van der Waals surface area contributed by atoms with Gasteiger partial charge in [-0.3, -0.25) is 4.79 Å². The number of nitrogens with zero attached hydrogens (tertiary/aromatic N) is 1. The van der Waals surface area contributed by atoms with E-state index in [1.165, 1.54) is 38.4 Å². The number of ether oxygens (including phenoxy) is 1. The smallest absolute Gasteiger partial charge is 0.338 e. The molecule has 0 saturated carbocycles. The first kappa shape index (κ1) is 19.1. The summed E-state index contributed by atoms with van der Waals surface area (Å²) in [6, 6.07) is 11.7. The normalized spacial score (nSPS) is 11.4. The number of rotatable bonds is 6. The van der Waals surface area contributed by atoms with Gasteiger partial charge in [0, 0.05) is 19.7 Å². The molecule has 0 aromatic heterocycles. The number of carbonyl (C=O) groups is 2. The molecule has 0 aliphatic rings. The second-order valence-corrected chi connectivity index (χ2v) is 7.85. The molecular weight excluding hydrogens is 366 g/mol. The van der Waals surface area contributed by atoms with Crippen molar-refractivity contribution >= 4 is 33.4 Å². The van der Waals surface area contributed by atoms with Crippen molar-refractivity contribution in [2.45, 2.75) is 4.90 Å². The van der Waals surface area contributed by atoms with Gasteiger partial charge >= 0.3 is 5.97 Å². The summed E-state index contributed by atoms with van der Waals surface area (Å²) in [6.07, 6.45) is 0. The van der Waals surface area contributed by atoms with Crippen LogP contribution in [0.25, 0.3) is 0 Å². The Balaban J connectivity index is 2.05. The first-order chi connectivity index (χ1) is 11.7. The molecule has 0 amide bonds. The fourth-order valence-electron chi connectivity index (χ4n) is 1.95. The lowest BCUT2D eigenvalue weighted by molar-refractivity contribution is 0.0474. The van der Waals surface area contributed by atoms with Crippen LogP contribution in [-0.4, -0.2) is 45.2 Å². The van der Waals surface area contributed by atoms with Crippen LogP contribution in [0, 0.1) is 0 Å². The number of hydrogen-bond donors (Lipinski definition) is 0. The Morgan fingerprint density at radius 1 is 1.04 bits per heavy atom. The number of hydrogen-bond acceptors (Lipinski definition) is 5. The van der Waals surface area contributed by atoms with Crippen molar-refractivity contribution in [1.82, 2.24) is 4.31 Å². The summed E-state index contributed by atoms with van der Waals surface area (Å²) < 4.78 is 30.0. The third kappa shape index (κ3) is 4.45. The van der Waals surface area contributed by atoms with Gasteiger partial charge < -0.3 is 4.74 Å². The van der Waals surface area contributed by atoms with Gasteiger partial charge in [-0.05, 0) is 36.4 Å². The maximum atomic E-state index is 12.0. The Labute approximate surface area is 151 Å². The summed E-state index contributed by atoms with van der Waals surface area (Å²) in [6.45, 7) is -0.458. The summed E-state index contributed by atoms with van der Waals surface area (Å²) in [5, 5.41) is 0.279. The topological polar surface area (TPSA) is 80.8 Å². The highest BCUT2D eigenvalue weighted by molar-refractivity contribution is 7.89. The molecule has 0 unspecified atom stereocenters. The van der Waals surface area contributed by atoms with Crippen molar-refractivity contribution < 1.29 is 22.7 Å². The van der Waals surface area contributed by atoms with E-state index in [0.717, 1.165) is 4.31 Å². The molecule has 25 heavy (non-hydrogen) atoms. The monoisotopic (exact) mass is 381 g/mol. The molecule has 2 aromatic carbocycles. The zero-order chi connectivity index (χ0) is 18.6. The molecule has 0 spiro atoms. The van der Waals surface area contributed by atoms with E-state index in [4.69, 9.17) is 16.3 Å². The molecule has 0 fully saturated rings. The molecule has 8 heteroatoms. The standard InChI is InChI=1S/C17H16ClNO5S/c1-19(2)25(22,23)13-9-7-12(8-10-13)17(21)24-11-16(20)14-5-3-4-6-15(14)18/h3-10H,11H2,1-2H3. The molecular formula is C17H16ClNO5S. The summed E-state index contributed by atoms with van der Waals surface area (Å²) in [5.74, 6) is -1.15. The summed E-state index contributed by atoms with van der Waals surface area (Å²) >= 11 is 5.91. The van der Waals surface area contributed by atoms with E-state index in [9.17, 15) is 18.0 Å². The van der Waals surface area contributed by atoms with Crippen LogP contribution in [0.3, 0.4) is 0 Å². The lowest BCUT2D eigenvalue weighted by Gasteiger charge is -2.11. The number of ketones is 1.